The van der Waals surface area contributed by atoms with Gasteiger partial charge in [-0.2, -0.15) is 5.26 Å². The quantitative estimate of drug-likeness (QED) is 0.845. The van der Waals surface area contributed by atoms with Crippen molar-refractivity contribution in [3.8, 4) is 6.07 Å². The zero-order valence-electron chi connectivity index (χ0n) is 8.94. The molecule has 0 unspecified atom stereocenters. The number of carbonyl (C=O) groups is 1. The highest BCUT2D eigenvalue weighted by molar-refractivity contribution is 9.10. The lowest BCUT2D eigenvalue weighted by atomic mass is 10.2. The van der Waals surface area contributed by atoms with Gasteiger partial charge >= 0.3 is 0 Å². The number of hydrogen-bond acceptors (Lipinski definition) is 4. The van der Waals surface area contributed by atoms with Crippen LogP contribution in [0, 0.1) is 11.3 Å². The van der Waals surface area contributed by atoms with Gasteiger partial charge in [0, 0.05) is 6.61 Å². The summed E-state index contributed by atoms with van der Waals surface area (Å²) in [7, 11) is 0. The van der Waals surface area contributed by atoms with Crippen LogP contribution in [0.15, 0.2) is 16.7 Å². The fraction of sp³-hybridized carbons (Fsp3) is 0.364. The Bertz CT molecular complexity index is 478. The molecular weight excluding hydrogens is 286 g/mol. The second-order valence-electron chi connectivity index (χ2n) is 3.67. The summed E-state index contributed by atoms with van der Waals surface area (Å²) >= 11 is 3.18. The van der Waals surface area contributed by atoms with Crippen LogP contribution in [0.1, 0.15) is 18.4 Å². The van der Waals surface area contributed by atoms with E-state index in [-0.39, 0.29) is 5.91 Å². The van der Waals surface area contributed by atoms with Crippen LogP contribution >= 0.6 is 15.9 Å². The van der Waals surface area contributed by atoms with Crippen molar-refractivity contribution >= 4 is 27.7 Å². The minimum atomic E-state index is -0.402. The average Bonchev–Trinajstić information content (AvgIpc) is 2.81. The van der Waals surface area contributed by atoms with Crippen molar-refractivity contribution in [2.45, 2.75) is 18.9 Å². The van der Waals surface area contributed by atoms with E-state index in [4.69, 9.17) is 10.00 Å². The van der Waals surface area contributed by atoms with Gasteiger partial charge in [-0.1, -0.05) is 0 Å². The highest BCUT2D eigenvalue weighted by Gasteiger charge is 2.23. The maximum absolute atomic E-state index is 11.8. The lowest BCUT2D eigenvalue weighted by Gasteiger charge is -2.10. The van der Waals surface area contributed by atoms with Gasteiger partial charge in [-0.25, -0.2) is 4.98 Å². The van der Waals surface area contributed by atoms with Gasteiger partial charge in [0.1, 0.15) is 16.5 Å². The van der Waals surface area contributed by atoms with E-state index in [1.165, 1.54) is 6.07 Å². The lowest BCUT2D eigenvalue weighted by Crippen LogP contribution is -2.27. The Labute approximate surface area is 107 Å². The second-order valence-corrected chi connectivity index (χ2v) is 4.48. The standard InChI is InChI=1S/C11H10BrN3O2/c12-9-4-7(6-13)5-10(14-9)15-11(16)8-2-1-3-17-8/h4-5,8H,1-3H2,(H,14,15,16)/t8-/m1/s1. The molecule has 1 aromatic rings. The van der Waals surface area contributed by atoms with Gasteiger partial charge in [0.2, 0.25) is 0 Å². The van der Waals surface area contributed by atoms with E-state index in [0.29, 0.717) is 22.6 Å². The molecule has 0 aromatic carbocycles. The second kappa shape index (κ2) is 5.25. The maximum atomic E-state index is 11.8. The Morgan fingerprint density at radius 1 is 1.65 bits per heavy atom. The third-order valence-electron chi connectivity index (χ3n) is 2.40. The molecule has 17 heavy (non-hydrogen) atoms. The Morgan fingerprint density at radius 2 is 2.47 bits per heavy atom. The first-order valence-electron chi connectivity index (χ1n) is 5.19. The van der Waals surface area contributed by atoms with Crippen molar-refractivity contribution in [1.82, 2.24) is 4.98 Å². The Kier molecular flexibility index (Phi) is 3.71. The Morgan fingerprint density at radius 3 is 3.12 bits per heavy atom. The summed E-state index contributed by atoms with van der Waals surface area (Å²) < 4.78 is 5.77. The predicted molar refractivity (Wildman–Crippen MR) is 64.3 cm³/mol. The molecule has 0 saturated carbocycles. The summed E-state index contributed by atoms with van der Waals surface area (Å²) in [4.78, 5) is 15.8. The average molecular weight is 296 g/mol. The number of amides is 1. The Hall–Kier alpha value is -1.45. The number of nitriles is 1. The normalized spacial score (nSPS) is 18.7. The predicted octanol–water partition coefficient (Wildman–Crippen LogP) is 1.83. The molecule has 1 atom stereocenters. The smallest absolute Gasteiger partial charge is 0.254 e. The molecule has 1 N–H and O–H groups in total. The van der Waals surface area contributed by atoms with Crippen LogP contribution in [0.5, 0.6) is 0 Å². The molecule has 6 heteroatoms. The topological polar surface area (TPSA) is 75.0 Å². The summed E-state index contributed by atoms with van der Waals surface area (Å²) in [5.41, 5.74) is 0.439. The lowest BCUT2D eigenvalue weighted by molar-refractivity contribution is -0.124. The highest BCUT2D eigenvalue weighted by Crippen LogP contribution is 2.17. The number of nitrogens with zero attached hydrogens (tertiary/aromatic N) is 2. The molecule has 2 heterocycles. The van der Waals surface area contributed by atoms with Crippen LogP contribution < -0.4 is 5.32 Å². The minimum Gasteiger partial charge on any atom is -0.368 e. The molecule has 1 aliphatic rings. The molecule has 0 radical (unpaired) electrons. The van der Waals surface area contributed by atoms with Crippen LogP contribution in [-0.2, 0) is 9.53 Å². The maximum Gasteiger partial charge on any atom is 0.254 e. The molecule has 0 aliphatic carbocycles. The molecular formula is C11H10BrN3O2. The number of hydrogen-bond donors (Lipinski definition) is 1. The number of aromatic nitrogens is 1. The third kappa shape index (κ3) is 3.02. The van der Waals surface area contributed by atoms with Gasteiger partial charge in [-0.05, 0) is 40.9 Å². The number of nitrogens with one attached hydrogen (secondary N) is 1. The highest BCUT2D eigenvalue weighted by atomic mass is 79.9. The van der Waals surface area contributed by atoms with E-state index in [1.54, 1.807) is 6.07 Å². The van der Waals surface area contributed by atoms with E-state index in [1.807, 2.05) is 6.07 Å². The Balaban J connectivity index is 2.10. The molecule has 2 rings (SSSR count). The first-order chi connectivity index (χ1) is 8.19. The SMILES string of the molecule is N#Cc1cc(Br)nc(NC(=O)[C@H]2CCCO2)c1. The van der Waals surface area contributed by atoms with E-state index in [0.717, 1.165) is 12.8 Å². The van der Waals surface area contributed by atoms with Gasteiger partial charge < -0.3 is 10.1 Å². The molecule has 0 spiro atoms. The third-order valence-corrected chi connectivity index (χ3v) is 2.80. The number of pyridine rings is 1. The van der Waals surface area contributed by atoms with E-state index in [2.05, 4.69) is 26.2 Å². The molecule has 1 aliphatic heterocycles. The minimum absolute atomic E-state index is 0.211. The van der Waals surface area contributed by atoms with E-state index < -0.39 is 6.10 Å². The number of anilines is 1. The van der Waals surface area contributed by atoms with Crippen LogP contribution in [0.25, 0.3) is 0 Å². The summed E-state index contributed by atoms with van der Waals surface area (Å²) in [6.07, 6.45) is 1.22. The van der Waals surface area contributed by atoms with Gasteiger partial charge in [0.05, 0.1) is 11.6 Å². The summed E-state index contributed by atoms with van der Waals surface area (Å²) in [5.74, 6) is 0.147. The molecule has 88 valence electrons. The van der Waals surface area contributed by atoms with Crippen molar-refractivity contribution < 1.29 is 9.53 Å². The largest absolute Gasteiger partial charge is 0.368 e. The molecule has 1 fully saturated rings. The van der Waals surface area contributed by atoms with Crippen LogP contribution in [0.3, 0.4) is 0 Å². The van der Waals surface area contributed by atoms with Gasteiger partial charge in [-0.15, -0.1) is 0 Å². The van der Waals surface area contributed by atoms with Crippen molar-refractivity contribution in [2.24, 2.45) is 0 Å². The van der Waals surface area contributed by atoms with E-state index >= 15 is 0 Å². The van der Waals surface area contributed by atoms with Gasteiger partial charge in [-0.3, -0.25) is 4.79 Å². The number of halogens is 1. The molecule has 1 amide bonds. The number of rotatable bonds is 2. The molecule has 0 bridgehead atoms. The number of carbonyl (C=O) groups excluding carboxylic acids is 1. The number of ether oxygens (including phenoxy) is 1. The summed E-state index contributed by atoms with van der Waals surface area (Å²) in [6, 6.07) is 5.11. The zero-order chi connectivity index (χ0) is 12.3. The first-order valence-corrected chi connectivity index (χ1v) is 5.98. The van der Waals surface area contributed by atoms with E-state index in [9.17, 15) is 4.79 Å². The van der Waals surface area contributed by atoms with Crippen LogP contribution in [0.2, 0.25) is 0 Å². The van der Waals surface area contributed by atoms with Crippen LogP contribution in [0.4, 0.5) is 5.82 Å². The molecule has 5 nitrogen and oxygen atoms in total. The van der Waals surface area contributed by atoms with Crippen molar-refractivity contribution in [3.05, 3.63) is 22.3 Å². The fourth-order valence-electron chi connectivity index (χ4n) is 1.62. The summed E-state index contributed by atoms with van der Waals surface area (Å²) in [6.45, 7) is 0.618. The van der Waals surface area contributed by atoms with Crippen molar-refractivity contribution in [2.75, 3.05) is 11.9 Å². The monoisotopic (exact) mass is 295 g/mol. The first kappa shape index (κ1) is 12.0. The molecule has 1 saturated heterocycles. The van der Waals surface area contributed by atoms with Crippen molar-refractivity contribution in [3.63, 3.8) is 0 Å². The molecule has 1 aromatic heterocycles. The van der Waals surface area contributed by atoms with Gasteiger partial charge in [0.15, 0.2) is 0 Å². The fourth-order valence-corrected chi connectivity index (χ4v) is 2.05. The van der Waals surface area contributed by atoms with Gasteiger partial charge in [0.25, 0.3) is 5.91 Å². The van der Waals surface area contributed by atoms with Crippen molar-refractivity contribution in [1.29, 1.82) is 5.26 Å². The zero-order valence-corrected chi connectivity index (χ0v) is 10.5. The summed E-state index contributed by atoms with van der Waals surface area (Å²) in [5, 5.41) is 11.4. The van der Waals surface area contributed by atoms with Crippen LogP contribution in [-0.4, -0.2) is 23.6 Å².